The van der Waals surface area contributed by atoms with Crippen LogP contribution in [0.1, 0.15) is 10.4 Å². The van der Waals surface area contributed by atoms with Crippen LogP contribution in [0.3, 0.4) is 0 Å². The van der Waals surface area contributed by atoms with Crippen LogP contribution in [0.5, 0.6) is 0 Å². The van der Waals surface area contributed by atoms with E-state index < -0.39 is 5.24 Å². The SMILES string of the molecule is C=CCNc1ccccc1C(=O)Cl.Cl. The second-order valence-corrected chi connectivity index (χ2v) is 2.83. The van der Waals surface area contributed by atoms with E-state index >= 15 is 0 Å². The Morgan fingerprint density at radius 3 is 2.71 bits per heavy atom. The molecule has 0 aliphatic carbocycles. The van der Waals surface area contributed by atoms with E-state index in [0.29, 0.717) is 12.1 Å². The van der Waals surface area contributed by atoms with Crippen molar-refractivity contribution in [3.8, 4) is 0 Å². The molecule has 4 heteroatoms. The molecule has 0 saturated carbocycles. The first kappa shape index (κ1) is 13.0. The van der Waals surface area contributed by atoms with Crippen LogP contribution in [0.25, 0.3) is 0 Å². The third-order valence-electron chi connectivity index (χ3n) is 1.58. The van der Waals surface area contributed by atoms with Crippen LogP contribution in [0.4, 0.5) is 5.69 Å². The molecule has 0 unspecified atom stereocenters. The molecular formula is C10H11Cl2NO. The van der Waals surface area contributed by atoms with Crippen LogP contribution in [0.2, 0.25) is 0 Å². The van der Waals surface area contributed by atoms with Crippen LogP contribution < -0.4 is 5.32 Å². The molecule has 0 aromatic heterocycles. The number of nitrogens with one attached hydrogen (secondary N) is 1. The maximum atomic E-state index is 10.9. The van der Waals surface area contributed by atoms with Crippen molar-refractivity contribution in [2.45, 2.75) is 0 Å². The van der Waals surface area contributed by atoms with Gasteiger partial charge in [-0.3, -0.25) is 4.79 Å². The molecule has 1 rings (SSSR count). The summed E-state index contributed by atoms with van der Waals surface area (Å²) in [6.07, 6.45) is 1.72. The zero-order valence-corrected chi connectivity index (χ0v) is 9.07. The molecule has 0 saturated heterocycles. The van der Waals surface area contributed by atoms with Crippen LogP contribution in [-0.4, -0.2) is 11.8 Å². The van der Waals surface area contributed by atoms with Crippen molar-refractivity contribution in [1.29, 1.82) is 0 Å². The van der Waals surface area contributed by atoms with E-state index in [0.717, 1.165) is 5.69 Å². The molecule has 2 nitrogen and oxygen atoms in total. The van der Waals surface area contributed by atoms with Gasteiger partial charge in [-0.05, 0) is 23.7 Å². The highest BCUT2D eigenvalue weighted by Crippen LogP contribution is 2.16. The van der Waals surface area contributed by atoms with Crippen LogP contribution in [0, 0.1) is 0 Å². The number of anilines is 1. The van der Waals surface area contributed by atoms with Gasteiger partial charge in [-0.15, -0.1) is 19.0 Å². The molecule has 0 aliphatic heterocycles. The first-order valence-electron chi connectivity index (χ1n) is 3.89. The van der Waals surface area contributed by atoms with Crippen molar-refractivity contribution < 1.29 is 4.79 Å². The van der Waals surface area contributed by atoms with Gasteiger partial charge in [-0.25, -0.2) is 0 Å². The van der Waals surface area contributed by atoms with Gasteiger partial charge in [0.25, 0.3) is 5.24 Å². The number of carbonyl (C=O) groups is 1. The fraction of sp³-hybridized carbons (Fsp3) is 0.100. The maximum Gasteiger partial charge on any atom is 0.254 e. The quantitative estimate of drug-likeness (QED) is 0.638. The summed E-state index contributed by atoms with van der Waals surface area (Å²) in [5.41, 5.74) is 1.23. The summed E-state index contributed by atoms with van der Waals surface area (Å²) < 4.78 is 0. The van der Waals surface area contributed by atoms with Crippen LogP contribution >= 0.6 is 24.0 Å². The number of carbonyl (C=O) groups excluding carboxylic acids is 1. The van der Waals surface area contributed by atoms with Crippen LogP contribution in [-0.2, 0) is 0 Å². The topological polar surface area (TPSA) is 29.1 Å². The first-order valence-corrected chi connectivity index (χ1v) is 4.27. The summed E-state index contributed by atoms with van der Waals surface area (Å²) in [4.78, 5) is 10.9. The Morgan fingerprint density at radius 1 is 1.50 bits per heavy atom. The lowest BCUT2D eigenvalue weighted by Crippen LogP contribution is -2.02. The molecule has 14 heavy (non-hydrogen) atoms. The van der Waals surface area contributed by atoms with Gasteiger partial charge >= 0.3 is 0 Å². The fourth-order valence-corrected chi connectivity index (χ4v) is 1.16. The molecule has 76 valence electrons. The summed E-state index contributed by atoms with van der Waals surface area (Å²) in [6.45, 7) is 4.18. The Labute approximate surface area is 94.4 Å². The largest absolute Gasteiger partial charge is 0.381 e. The maximum absolute atomic E-state index is 10.9. The molecule has 1 N–H and O–H groups in total. The Hall–Kier alpha value is -0.990. The van der Waals surface area contributed by atoms with Gasteiger partial charge in [0, 0.05) is 12.2 Å². The Balaban J connectivity index is 0.00000169. The Bertz CT molecular complexity index is 326. The van der Waals surface area contributed by atoms with E-state index in [1.54, 1.807) is 24.3 Å². The predicted molar refractivity (Wildman–Crippen MR) is 62.6 cm³/mol. The second-order valence-electron chi connectivity index (χ2n) is 2.49. The van der Waals surface area contributed by atoms with E-state index in [-0.39, 0.29) is 12.4 Å². The fourth-order valence-electron chi connectivity index (χ4n) is 0.991. The minimum absolute atomic E-state index is 0. The molecule has 1 aromatic rings. The lowest BCUT2D eigenvalue weighted by atomic mass is 10.2. The van der Waals surface area contributed by atoms with E-state index in [1.165, 1.54) is 0 Å². The lowest BCUT2D eigenvalue weighted by molar-refractivity contribution is 0.108. The van der Waals surface area contributed by atoms with Gasteiger partial charge in [-0.1, -0.05) is 18.2 Å². The third kappa shape index (κ3) is 3.40. The van der Waals surface area contributed by atoms with E-state index in [2.05, 4.69) is 11.9 Å². The molecule has 0 fully saturated rings. The van der Waals surface area contributed by atoms with Gasteiger partial charge < -0.3 is 5.32 Å². The minimum Gasteiger partial charge on any atom is -0.381 e. The number of halogens is 2. The van der Waals surface area contributed by atoms with E-state index in [1.807, 2.05) is 6.07 Å². The highest BCUT2D eigenvalue weighted by atomic mass is 35.5. The molecule has 0 amide bonds. The summed E-state index contributed by atoms with van der Waals surface area (Å²) >= 11 is 5.38. The molecular weight excluding hydrogens is 221 g/mol. The van der Waals surface area contributed by atoms with Crippen molar-refractivity contribution >= 4 is 34.9 Å². The van der Waals surface area contributed by atoms with Gasteiger partial charge in [0.15, 0.2) is 0 Å². The highest BCUT2D eigenvalue weighted by Gasteiger charge is 2.05. The molecule has 0 aliphatic rings. The Kier molecular flexibility index (Phi) is 6.00. The highest BCUT2D eigenvalue weighted by molar-refractivity contribution is 6.68. The van der Waals surface area contributed by atoms with Crippen molar-refractivity contribution in [3.05, 3.63) is 42.5 Å². The van der Waals surface area contributed by atoms with Crippen molar-refractivity contribution in [3.63, 3.8) is 0 Å². The average molecular weight is 232 g/mol. The van der Waals surface area contributed by atoms with Crippen LogP contribution in [0.15, 0.2) is 36.9 Å². The summed E-state index contributed by atoms with van der Waals surface area (Å²) in [6, 6.07) is 7.10. The Morgan fingerprint density at radius 2 is 2.14 bits per heavy atom. The summed E-state index contributed by atoms with van der Waals surface area (Å²) in [7, 11) is 0. The standard InChI is InChI=1S/C10H10ClNO.ClH/c1-2-7-12-9-6-4-3-5-8(9)10(11)13;/h2-6,12H,1,7H2;1H. The predicted octanol–water partition coefficient (Wildman–Crippen LogP) is 3.09. The van der Waals surface area contributed by atoms with Gasteiger partial charge in [0.2, 0.25) is 0 Å². The second kappa shape index (κ2) is 6.46. The number of hydrogen-bond acceptors (Lipinski definition) is 2. The zero-order valence-electron chi connectivity index (χ0n) is 7.50. The minimum atomic E-state index is -0.452. The zero-order chi connectivity index (χ0) is 9.68. The number of para-hydroxylation sites is 1. The summed E-state index contributed by atoms with van der Waals surface area (Å²) in [5, 5.41) is 2.57. The molecule has 0 atom stereocenters. The third-order valence-corrected chi connectivity index (χ3v) is 1.78. The van der Waals surface area contributed by atoms with Crippen molar-refractivity contribution in [2.24, 2.45) is 0 Å². The van der Waals surface area contributed by atoms with Crippen molar-refractivity contribution in [2.75, 3.05) is 11.9 Å². The lowest BCUT2D eigenvalue weighted by Gasteiger charge is -2.06. The monoisotopic (exact) mass is 231 g/mol. The summed E-state index contributed by atoms with van der Waals surface area (Å²) in [5.74, 6) is 0. The van der Waals surface area contributed by atoms with E-state index in [9.17, 15) is 4.79 Å². The van der Waals surface area contributed by atoms with Gasteiger partial charge in [0.05, 0.1) is 5.56 Å². The molecule has 0 spiro atoms. The molecule has 1 aromatic carbocycles. The van der Waals surface area contributed by atoms with Gasteiger partial charge in [0.1, 0.15) is 0 Å². The van der Waals surface area contributed by atoms with E-state index in [4.69, 9.17) is 11.6 Å². The normalized spacial score (nSPS) is 8.64. The number of benzene rings is 1. The molecule has 0 bridgehead atoms. The number of hydrogen-bond donors (Lipinski definition) is 1. The molecule has 0 heterocycles. The van der Waals surface area contributed by atoms with Crippen molar-refractivity contribution in [1.82, 2.24) is 0 Å². The first-order chi connectivity index (χ1) is 6.25. The van der Waals surface area contributed by atoms with Gasteiger partial charge in [-0.2, -0.15) is 0 Å². The average Bonchev–Trinajstić information content (AvgIpc) is 2.15. The smallest absolute Gasteiger partial charge is 0.254 e. The number of rotatable bonds is 4. The molecule has 0 radical (unpaired) electrons.